The van der Waals surface area contributed by atoms with Gasteiger partial charge in [0, 0.05) is 30.3 Å². The third kappa shape index (κ3) is 4.68. The first-order chi connectivity index (χ1) is 18.3. The fraction of sp³-hybridized carbons (Fsp3) is 0.138. The van der Waals surface area contributed by atoms with Crippen molar-refractivity contribution in [1.29, 1.82) is 0 Å². The highest BCUT2D eigenvalue weighted by molar-refractivity contribution is 7.93. The Labute approximate surface area is 220 Å². The summed E-state index contributed by atoms with van der Waals surface area (Å²) in [7, 11) is -2.66. The van der Waals surface area contributed by atoms with Crippen LogP contribution in [0, 0.1) is 5.82 Å². The number of halogens is 1. The van der Waals surface area contributed by atoms with E-state index < -0.39 is 27.8 Å². The highest BCUT2D eigenvalue weighted by atomic mass is 32.2. The van der Waals surface area contributed by atoms with Gasteiger partial charge in [-0.3, -0.25) is 9.10 Å². The largest absolute Gasteiger partial charge is 0.496 e. The lowest BCUT2D eigenvalue weighted by Gasteiger charge is -2.26. The molecule has 5 rings (SSSR count). The minimum absolute atomic E-state index is 0.0316. The molecule has 9 heteroatoms. The van der Waals surface area contributed by atoms with E-state index in [4.69, 9.17) is 10.5 Å². The van der Waals surface area contributed by atoms with Gasteiger partial charge in [-0.05, 0) is 53.1 Å². The molecule has 7 nitrogen and oxygen atoms in total. The predicted octanol–water partition coefficient (Wildman–Crippen LogP) is 4.52. The van der Waals surface area contributed by atoms with Crippen LogP contribution in [0.5, 0.6) is 5.75 Å². The zero-order chi connectivity index (χ0) is 26.9. The molecule has 0 radical (unpaired) electrons. The Hall–Kier alpha value is -4.37. The molecule has 0 aromatic heterocycles. The van der Waals surface area contributed by atoms with Crippen molar-refractivity contribution in [2.75, 3.05) is 17.1 Å². The number of sulfonamides is 1. The molecule has 0 unspecified atom stereocenters. The van der Waals surface area contributed by atoms with Crippen molar-refractivity contribution in [3.63, 3.8) is 0 Å². The molecule has 4 aromatic carbocycles. The van der Waals surface area contributed by atoms with Gasteiger partial charge in [0.05, 0.1) is 17.7 Å². The van der Waals surface area contributed by atoms with E-state index >= 15 is 0 Å². The molecule has 1 aliphatic rings. The highest BCUT2D eigenvalue weighted by Gasteiger charge is 2.42. The van der Waals surface area contributed by atoms with Crippen LogP contribution in [-0.4, -0.2) is 27.5 Å². The van der Waals surface area contributed by atoms with Gasteiger partial charge in [-0.1, -0.05) is 48.5 Å². The second kappa shape index (κ2) is 10.2. The molecular formula is C29H26FN3O4S. The van der Waals surface area contributed by atoms with Gasteiger partial charge >= 0.3 is 0 Å². The Morgan fingerprint density at radius 1 is 1.03 bits per heavy atom. The van der Waals surface area contributed by atoms with Crippen molar-refractivity contribution in [3.05, 3.63) is 108 Å². The lowest BCUT2D eigenvalue weighted by atomic mass is 10.0. The van der Waals surface area contributed by atoms with E-state index in [0.717, 1.165) is 11.1 Å². The number of benzene rings is 4. The maximum Gasteiger partial charge on any atom is 0.265 e. The molecule has 4 aromatic rings. The quantitative estimate of drug-likeness (QED) is 0.342. The Bertz CT molecular complexity index is 1610. The minimum Gasteiger partial charge on any atom is -0.496 e. The smallest absolute Gasteiger partial charge is 0.265 e. The van der Waals surface area contributed by atoms with Crippen LogP contribution in [0.4, 0.5) is 15.8 Å². The zero-order valence-corrected chi connectivity index (χ0v) is 21.4. The van der Waals surface area contributed by atoms with Gasteiger partial charge in [-0.2, -0.15) is 0 Å². The summed E-state index contributed by atoms with van der Waals surface area (Å²) in [5, 5.41) is 2.85. The predicted molar refractivity (Wildman–Crippen MR) is 145 cm³/mol. The van der Waals surface area contributed by atoms with Crippen LogP contribution < -0.4 is 20.1 Å². The number of nitrogens with two attached hydrogens (primary N) is 1. The molecule has 194 valence electrons. The number of nitrogens with zero attached hydrogens (tertiary/aromatic N) is 1. The van der Waals surface area contributed by atoms with Gasteiger partial charge < -0.3 is 15.8 Å². The molecule has 1 aliphatic heterocycles. The first-order valence-corrected chi connectivity index (χ1v) is 13.4. The standard InChI is InChI=1S/C29H26FN3O4S/c1-37-28-17-22(30)12-15-24(28)19-10-13-23(14-11-19)38(35,36)33-26-9-5-3-6-20(26)16-27(33)29(34)32-18-21-7-2-4-8-25(21)31/h2-15,17,27H,16,18,31H2,1H3,(H,32,34)/t27-/m0/s1. The molecule has 1 heterocycles. The van der Waals surface area contributed by atoms with E-state index in [9.17, 15) is 17.6 Å². The van der Waals surface area contributed by atoms with Gasteiger partial charge in [0.2, 0.25) is 5.91 Å². The number of carbonyl (C=O) groups is 1. The van der Waals surface area contributed by atoms with E-state index in [2.05, 4.69) is 5.32 Å². The fourth-order valence-electron chi connectivity index (χ4n) is 4.67. The van der Waals surface area contributed by atoms with Gasteiger partial charge in [-0.15, -0.1) is 0 Å². The van der Waals surface area contributed by atoms with Crippen LogP contribution in [-0.2, 0) is 27.8 Å². The van der Waals surface area contributed by atoms with Gasteiger partial charge in [0.25, 0.3) is 10.0 Å². The number of ether oxygens (including phenoxy) is 1. The Balaban J connectivity index is 1.45. The second-order valence-electron chi connectivity index (χ2n) is 8.94. The van der Waals surface area contributed by atoms with Crippen molar-refractivity contribution < 1.29 is 22.3 Å². The van der Waals surface area contributed by atoms with Crippen molar-refractivity contribution in [1.82, 2.24) is 5.32 Å². The highest BCUT2D eigenvalue weighted by Crippen LogP contribution is 2.38. The number of hydrogen-bond acceptors (Lipinski definition) is 5. The lowest BCUT2D eigenvalue weighted by Crippen LogP contribution is -2.47. The normalized spacial score (nSPS) is 14.7. The molecule has 0 aliphatic carbocycles. The van der Waals surface area contributed by atoms with Crippen LogP contribution >= 0.6 is 0 Å². The van der Waals surface area contributed by atoms with E-state index in [1.165, 1.54) is 35.7 Å². The van der Waals surface area contributed by atoms with E-state index in [1.807, 2.05) is 24.3 Å². The summed E-state index contributed by atoms with van der Waals surface area (Å²) in [6.07, 6.45) is 0.246. The minimum atomic E-state index is -4.10. The number of fused-ring (bicyclic) bond motifs is 1. The number of carbonyl (C=O) groups excluding carboxylic acids is 1. The number of methoxy groups -OCH3 is 1. The number of rotatable bonds is 7. The molecule has 0 saturated carbocycles. The van der Waals surface area contributed by atoms with Crippen molar-refractivity contribution >= 4 is 27.3 Å². The monoisotopic (exact) mass is 531 g/mol. The van der Waals surface area contributed by atoms with Crippen molar-refractivity contribution in [2.24, 2.45) is 0 Å². The summed E-state index contributed by atoms with van der Waals surface area (Å²) in [5.74, 6) is -0.512. The summed E-state index contributed by atoms with van der Waals surface area (Å²) in [6.45, 7) is 0.181. The molecule has 3 N–H and O–H groups in total. The molecule has 0 bridgehead atoms. The zero-order valence-electron chi connectivity index (χ0n) is 20.6. The summed E-state index contributed by atoms with van der Waals surface area (Å²) in [4.78, 5) is 13.4. The lowest BCUT2D eigenvalue weighted by molar-refractivity contribution is -0.122. The van der Waals surface area contributed by atoms with Gasteiger partial charge in [-0.25, -0.2) is 12.8 Å². The van der Waals surface area contributed by atoms with Gasteiger partial charge in [0.1, 0.15) is 17.6 Å². The fourth-order valence-corrected chi connectivity index (χ4v) is 6.32. The first kappa shape index (κ1) is 25.3. The van der Waals surface area contributed by atoms with Crippen LogP contribution in [0.3, 0.4) is 0 Å². The topological polar surface area (TPSA) is 102 Å². The Kier molecular flexibility index (Phi) is 6.77. The third-order valence-electron chi connectivity index (χ3n) is 6.62. The first-order valence-electron chi connectivity index (χ1n) is 12.0. The average molecular weight is 532 g/mol. The molecule has 1 atom stereocenters. The average Bonchev–Trinajstić information content (AvgIpc) is 3.33. The molecule has 0 spiro atoms. The number of hydrogen-bond donors (Lipinski definition) is 2. The maximum absolute atomic E-state index is 13.9. The summed E-state index contributed by atoms with van der Waals surface area (Å²) >= 11 is 0. The maximum atomic E-state index is 13.9. The molecule has 0 saturated heterocycles. The van der Waals surface area contributed by atoms with Crippen LogP contribution in [0.2, 0.25) is 0 Å². The van der Waals surface area contributed by atoms with Crippen molar-refractivity contribution in [2.45, 2.75) is 23.9 Å². The second-order valence-corrected chi connectivity index (χ2v) is 10.8. The summed E-state index contributed by atoms with van der Waals surface area (Å²) in [6, 6.07) is 23.7. The third-order valence-corrected chi connectivity index (χ3v) is 8.46. The number of nitrogen functional groups attached to an aromatic ring is 1. The Morgan fingerprint density at radius 3 is 2.47 bits per heavy atom. The number of nitrogens with one attached hydrogen (secondary N) is 1. The van der Waals surface area contributed by atoms with Crippen LogP contribution in [0.15, 0.2) is 95.9 Å². The molecule has 38 heavy (non-hydrogen) atoms. The van der Waals surface area contributed by atoms with Crippen LogP contribution in [0.1, 0.15) is 11.1 Å². The summed E-state index contributed by atoms with van der Waals surface area (Å²) < 4.78 is 47.9. The Morgan fingerprint density at radius 2 is 1.74 bits per heavy atom. The van der Waals surface area contributed by atoms with E-state index in [-0.39, 0.29) is 17.9 Å². The number of amides is 1. The van der Waals surface area contributed by atoms with Crippen molar-refractivity contribution in [3.8, 4) is 16.9 Å². The SMILES string of the molecule is COc1cc(F)ccc1-c1ccc(S(=O)(=O)N2c3ccccc3C[C@H]2C(=O)NCc2ccccc2N)cc1. The molecule has 0 fully saturated rings. The molecule has 1 amide bonds. The summed E-state index contributed by atoms with van der Waals surface area (Å²) in [5.41, 5.74) is 9.82. The van der Waals surface area contributed by atoms with E-state index in [1.54, 1.807) is 42.5 Å². The number of anilines is 2. The molecular weight excluding hydrogens is 505 g/mol. The van der Waals surface area contributed by atoms with Gasteiger partial charge in [0.15, 0.2) is 0 Å². The van der Waals surface area contributed by atoms with E-state index in [0.29, 0.717) is 28.3 Å². The number of para-hydroxylation sites is 2. The van der Waals surface area contributed by atoms with Crippen LogP contribution in [0.25, 0.3) is 11.1 Å².